The lowest BCUT2D eigenvalue weighted by Crippen LogP contribution is -2.18. The zero-order valence-corrected chi connectivity index (χ0v) is 15.2. The molecule has 1 heterocycles. The molecule has 0 bridgehead atoms. The van der Waals surface area contributed by atoms with E-state index in [0.29, 0.717) is 6.61 Å². The van der Waals surface area contributed by atoms with Crippen LogP contribution in [0.1, 0.15) is 31.0 Å². The number of hydrogen-bond donors (Lipinski definition) is 1. The second-order valence-electron chi connectivity index (χ2n) is 4.71. The van der Waals surface area contributed by atoms with Gasteiger partial charge in [-0.2, -0.15) is 0 Å². The van der Waals surface area contributed by atoms with Gasteiger partial charge in [0, 0.05) is 25.0 Å². The minimum absolute atomic E-state index is 0.253. The number of nitrogens with one attached hydrogen (secondary N) is 1. The molecule has 1 aromatic carbocycles. The maximum atomic E-state index is 5.59. The molecule has 112 valence electrons. The van der Waals surface area contributed by atoms with Gasteiger partial charge >= 0.3 is 0 Å². The maximum absolute atomic E-state index is 5.59. The molecule has 0 aliphatic heterocycles. The predicted molar refractivity (Wildman–Crippen MR) is 92.5 cm³/mol. The van der Waals surface area contributed by atoms with Crippen LogP contribution in [0.25, 0.3) is 0 Å². The fraction of sp³-hybridized carbons (Fsp3) is 0.312. The lowest BCUT2D eigenvalue weighted by atomic mass is 10.1. The molecule has 1 atom stereocenters. The number of pyridine rings is 1. The molecule has 2 rings (SSSR count). The van der Waals surface area contributed by atoms with Crippen molar-refractivity contribution in [1.29, 1.82) is 0 Å². The van der Waals surface area contributed by atoms with E-state index in [0.717, 1.165) is 21.2 Å². The summed E-state index contributed by atoms with van der Waals surface area (Å²) in [6, 6.07) is 8.45. The summed E-state index contributed by atoms with van der Waals surface area (Å²) in [6.07, 6.45) is 3.68. The van der Waals surface area contributed by atoms with Crippen LogP contribution in [0.4, 0.5) is 0 Å². The van der Waals surface area contributed by atoms with Gasteiger partial charge in [0.2, 0.25) is 0 Å². The molecule has 5 heteroatoms. The third kappa shape index (κ3) is 4.53. The zero-order valence-electron chi connectivity index (χ0n) is 12.1. The van der Waals surface area contributed by atoms with Crippen molar-refractivity contribution in [2.75, 3.05) is 6.61 Å². The first-order valence-electron chi connectivity index (χ1n) is 6.85. The third-order valence-electron chi connectivity index (χ3n) is 3.14. The lowest BCUT2D eigenvalue weighted by Gasteiger charge is -2.15. The van der Waals surface area contributed by atoms with Crippen molar-refractivity contribution in [3.8, 4) is 5.75 Å². The number of hydrogen-bond acceptors (Lipinski definition) is 3. The van der Waals surface area contributed by atoms with Gasteiger partial charge in [0.25, 0.3) is 0 Å². The second-order valence-corrected chi connectivity index (χ2v) is 6.42. The molecule has 0 aliphatic carbocycles. The monoisotopic (exact) mass is 412 g/mol. The fourth-order valence-electron chi connectivity index (χ4n) is 2.02. The van der Waals surface area contributed by atoms with E-state index in [2.05, 4.69) is 67.3 Å². The Morgan fingerprint density at radius 2 is 2.00 bits per heavy atom. The Balaban J connectivity index is 2.04. The highest BCUT2D eigenvalue weighted by molar-refractivity contribution is 9.11. The van der Waals surface area contributed by atoms with E-state index in [-0.39, 0.29) is 6.04 Å². The first-order valence-corrected chi connectivity index (χ1v) is 8.44. The van der Waals surface area contributed by atoms with Crippen LogP contribution in [0.15, 0.2) is 45.6 Å². The van der Waals surface area contributed by atoms with Gasteiger partial charge in [-0.25, -0.2) is 0 Å². The highest BCUT2D eigenvalue weighted by Crippen LogP contribution is 2.34. The van der Waals surface area contributed by atoms with E-state index in [1.54, 1.807) is 6.20 Å². The Kier molecular flexibility index (Phi) is 6.21. The quantitative estimate of drug-likeness (QED) is 0.734. The minimum atomic E-state index is 0.253. The van der Waals surface area contributed by atoms with Crippen LogP contribution in [0, 0.1) is 0 Å². The smallest absolute Gasteiger partial charge is 0.147 e. The lowest BCUT2D eigenvalue weighted by molar-refractivity contribution is 0.336. The van der Waals surface area contributed by atoms with Crippen LogP contribution in [0.3, 0.4) is 0 Å². The second kappa shape index (κ2) is 7.92. The van der Waals surface area contributed by atoms with Crippen molar-refractivity contribution < 1.29 is 4.74 Å². The van der Waals surface area contributed by atoms with E-state index in [1.165, 1.54) is 11.1 Å². The first-order chi connectivity index (χ1) is 10.1. The van der Waals surface area contributed by atoms with Crippen molar-refractivity contribution in [2.45, 2.75) is 26.4 Å². The third-order valence-corrected chi connectivity index (χ3v) is 4.32. The average Bonchev–Trinajstić information content (AvgIpc) is 2.49. The van der Waals surface area contributed by atoms with Gasteiger partial charge in [-0.15, -0.1) is 0 Å². The standard InChI is InChI=1S/C16H18Br2N2O/c1-3-21-16-14(17)7-12(8-15(16)18)9-20-11(2)13-5-4-6-19-10-13/h4-8,10-11,20H,3,9H2,1-2H3/t11-/m0/s1. The van der Waals surface area contributed by atoms with Crippen LogP contribution >= 0.6 is 31.9 Å². The van der Waals surface area contributed by atoms with Crippen molar-refractivity contribution in [1.82, 2.24) is 10.3 Å². The van der Waals surface area contributed by atoms with E-state index >= 15 is 0 Å². The fourth-order valence-corrected chi connectivity index (χ4v) is 3.53. The van der Waals surface area contributed by atoms with E-state index in [9.17, 15) is 0 Å². The van der Waals surface area contributed by atoms with Gasteiger partial charge in [-0.1, -0.05) is 6.07 Å². The van der Waals surface area contributed by atoms with Gasteiger partial charge in [-0.3, -0.25) is 4.98 Å². The van der Waals surface area contributed by atoms with Gasteiger partial charge in [0.1, 0.15) is 5.75 Å². The first kappa shape index (κ1) is 16.5. The average molecular weight is 414 g/mol. The van der Waals surface area contributed by atoms with Crippen LogP contribution in [-0.4, -0.2) is 11.6 Å². The molecule has 2 aromatic rings. The molecule has 3 nitrogen and oxygen atoms in total. The highest BCUT2D eigenvalue weighted by Gasteiger charge is 2.10. The number of nitrogens with zero attached hydrogens (tertiary/aromatic N) is 1. The van der Waals surface area contributed by atoms with Crippen LogP contribution in [0.5, 0.6) is 5.75 Å². The minimum Gasteiger partial charge on any atom is -0.492 e. The summed E-state index contributed by atoms with van der Waals surface area (Å²) >= 11 is 7.12. The van der Waals surface area contributed by atoms with Crippen molar-refractivity contribution in [3.05, 3.63) is 56.7 Å². The summed E-state index contributed by atoms with van der Waals surface area (Å²) in [5, 5.41) is 3.50. The Bertz CT molecular complexity index is 567. The molecule has 0 aliphatic rings. The topological polar surface area (TPSA) is 34.1 Å². The molecule has 1 aromatic heterocycles. The van der Waals surface area contributed by atoms with Gasteiger partial charge in [0.15, 0.2) is 0 Å². The summed E-state index contributed by atoms with van der Waals surface area (Å²) in [5.74, 6) is 0.849. The number of aromatic nitrogens is 1. The predicted octanol–water partition coefficient (Wildman–Crippen LogP) is 4.86. The van der Waals surface area contributed by atoms with Crippen LogP contribution in [-0.2, 0) is 6.54 Å². The summed E-state index contributed by atoms with van der Waals surface area (Å²) < 4.78 is 7.52. The van der Waals surface area contributed by atoms with Crippen LogP contribution in [0.2, 0.25) is 0 Å². The summed E-state index contributed by atoms with van der Waals surface area (Å²) in [4.78, 5) is 4.15. The molecular weight excluding hydrogens is 396 g/mol. The molecular formula is C16H18Br2N2O. The Hall–Kier alpha value is -0.910. The summed E-state index contributed by atoms with van der Waals surface area (Å²) in [5.41, 5.74) is 2.37. The molecule has 0 amide bonds. The molecule has 0 fully saturated rings. The normalized spacial score (nSPS) is 12.2. The largest absolute Gasteiger partial charge is 0.492 e. The molecule has 0 saturated carbocycles. The van der Waals surface area contributed by atoms with E-state index in [4.69, 9.17) is 4.74 Å². The SMILES string of the molecule is CCOc1c(Br)cc(CN[C@@H](C)c2cccnc2)cc1Br. The van der Waals surface area contributed by atoms with Crippen LogP contribution < -0.4 is 10.1 Å². The van der Waals surface area contributed by atoms with E-state index < -0.39 is 0 Å². The number of halogens is 2. The number of rotatable bonds is 6. The zero-order chi connectivity index (χ0) is 15.2. The van der Waals surface area contributed by atoms with Gasteiger partial charge in [-0.05, 0) is 75.0 Å². The van der Waals surface area contributed by atoms with Gasteiger partial charge in [0.05, 0.1) is 15.6 Å². The van der Waals surface area contributed by atoms with Crippen molar-refractivity contribution >= 4 is 31.9 Å². The number of benzene rings is 1. The molecule has 0 radical (unpaired) electrons. The Labute approximate surface area is 142 Å². The molecule has 0 saturated heterocycles. The summed E-state index contributed by atoms with van der Waals surface area (Å²) in [7, 11) is 0. The maximum Gasteiger partial charge on any atom is 0.147 e. The molecule has 21 heavy (non-hydrogen) atoms. The molecule has 1 N–H and O–H groups in total. The van der Waals surface area contributed by atoms with Crippen molar-refractivity contribution in [2.24, 2.45) is 0 Å². The number of ether oxygens (including phenoxy) is 1. The summed E-state index contributed by atoms with van der Waals surface area (Å²) in [6.45, 7) is 5.53. The molecule has 0 unspecified atom stereocenters. The Morgan fingerprint density at radius 3 is 2.57 bits per heavy atom. The van der Waals surface area contributed by atoms with E-state index in [1.807, 2.05) is 19.2 Å². The van der Waals surface area contributed by atoms with Gasteiger partial charge < -0.3 is 10.1 Å². The van der Waals surface area contributed by atoms with Crippen molar-refractivity contribution in [3.63, 3.8) is 0 Å². The Morgan fingerprint density at radius 1 is 1.29 bits per heavy atom. The highest BCUT2D eigenvalue weighted by atomic mass is 79.9. The molecule has 0 spiro atoms.